The van der Waals surface area contributed by atoms with Gasteiger partial charge in [0.2, 0.25) is 0 Å². The average Bonchev–Trinajstić information content (AvgIpc) is 2.94. The van der Waals surface area contributed by atoms with E-state index >= 15 is 0 Å². The zero-order valence-corrected chi connectivity index (χ0v) is 13.0. The standard InChI is InChI=1S/C20H21NO/c1-2-3-9-14-21-15-18(17-12-7-8-13-19(17)21)20(22)16-10-5-4-6-11-16/h4-8,10-13,15H,2-3,9,14H2,1H3. The van der Waals surface area contributed by atoms with Crippen LogP contribution < -0.4 is 0 Å². The molecular formula is C20H21NO. The maximum absolute atomic E-state index is 12.8. The third-order valence-corrected chi connectivity index (χ3v) is 4.07. The van der Waals surface area contributed by atoms with Gasteiger partial charge in [0.05, 0.1) is 0 Å². The number of para-hydroxylation sites is 1. The van der Waals surface area contributed by atoms with Gasteiger partial charge in [-0.15, -0.1) is 0 Å². The van der Waals surface area contributed by atoms with Crippen molar-refractivity contribution in [3.63, 3.8) is 0 Å². The maximum atomic E-state index is 12.8. The van der Waals surface area contributed by atoms with Crippen molar-refractivity contribution in [1.82, 2.24) is 4.57 Å². The predicted octanol–water partition coefficient (Wildman–Crippen LogP) is 5.06. The fourth-order valence-corrected chi connectivity index (χ4v) is 2.89. The number of aromatic nitrogens is 1. The van der Waals surface area contributed by atoms with Gasteiger partial charge in [-0.25, -0.2) is 0 Å². The molecule has 2 heteroatoms. The summed E-state index contributed by atoms with van der Waals surface area (Å²) >= 11 is 0. The molecule has 1 aromatic heterocycles. The molecule has 3 aromatic rings. The lowest BCUT2D eigenvalue weighted by Crippen LogP contribution is -2.00. The van der Waals surface area contributed by atoms with E-state index in [1.54, 1.807) is 0 Å². The van der Waals surface area contributed by atoms with Crippen LogP contribution in [0.1, 0.15) is 42.1 Å². The zero-order chi connectivity index (χ0) is 15.4. The summed E-state index contributed by atoms with van der Waals surface area (Å²) < 4.78 is 2.22. The second-order valence-corrected chi connectivity index (χ2v) is 5.66. The Morgan fingerprint density at radius 2 is 1.68 bits per heavy atom. The van der Waals surface area contributed by atoms with Crippen LogP contribution in [0.2, 0.25) is 0 Å². The molecule has 0 fully saturated rings. The fraction of sp³-hybridized carbons (Fsp3) is 0.250. The van der Waals surface area contributed by atoms with Crippen molar-refractivity contribution < 1.29 is 4.79 Å². The number of carbonyl (C=O) groups excluding carboxylic acids is 1. The van der Waals surface area contributed by atoms with Gasteiger partial charge in [0.1, 0.15) is 0 Å². The number of ketones is 1. The molecule has 0 amide bonds. The van der Waals surface area contributed by atoms with Gasteiger partial charge in [0.15, 0.2) is 5.78 Å². The molecule has 1 heterocycles. The lowest BCUT2D eigenvalue weighted by molar-refractivity contribution is 0.104. The molecule has 0 radical (unpaired) electrons. The molecule has 0 aliphatic carbocycles. The quantitative estimate of drug-likeness (QED) is 0.459. The number of unbranched alkanes of at least 4 members (excludes halogenated alkanes) is 2. The summed E-state index contributed by atoms with van der Waals surface area (Å²) in [6, 6.07) is 17.7. The van der Waals surface area contributed by atoms with Gasteiger partial charge < -0.3 is 4.57 Å². The highest BCUT2D eigenvalue weighted by Crippen LogP contribution is 2.24. The van der Waals surface area contributed by atoms with E-state index in [-0.39, 0.29) is 5.78 Å². The second kappa shape index (κ2) is 6.61. The van der Waals surface area contributed by atoms with Crippen molar-refractivity contribution >= 4 is 16.7 Å². The normalized spacial score (nSPS) is 11.0. The summed E-state index contributed by atoms with van der Waals surface area (Å²) in [5.74, 6) is 0.103. The first-order chi connectivity index (χ1) is 10.8. The number of benzene rings is 2. The Morgan fingerprint density at radius 1 is 0.955 bits per heavy atom. The van der Waals surface area contributed by atoms with Crippen molar-refractivity contribution in [2.75, 3.05) is 0 Å². The van der Waals surface area contributed by atoms with Crippen LogP contribution in [0.5, 0.6) is 0 Å². The second-order valence-electron chi connectivity index (χ2n) is 5.66. The van der Waals surface area contributed by atoms with E-state index in [2.05, 4.69) is 17.6 Å². The first kappa shape index (κ1) is 14.6. The van der Waals surface area contributed by atoms with E-state index in [1.165, 1.54) is 12.8 Å². The molecule has 0 aliphatic heterocycles. The lowest BCUT2D eigenvalue weighted by atomic mass is 10.0. The van der Waals surface area contributed by atoms with Crippen LogP contribution >= 0.6 is 0 Å². The van der Waals surface area contributed by atoms with Gasteiger partial charge in [0.25, 0.3) is 0 Å². The number of hydrogen-bond donors (Lipinski definition) is 0. The summed E-state index contributed by atoms with van der Waals surface area (Å²) in [6.07, 6.45) is 5.59. The van der Waals surface area contributed by atoms with Crippen molar-refractivity contribution in [3.8, 4) is 0 Å². The summed E-state index contributed by atoms with van der Waals surface area (Å²) in [7, 11) is 0. The number of fused-ring (bicyclic) bond motifs is 1. The van der Waals surface area contributed by atoms with Gasteiger partial charge in [0, 0.05) is 34.8 Å². The number of carbonyl (C=O) groups is 1. The van der Waals surface area contributed by atoms with E-state index < -0.39 is 0 Å². The molecule has 0 spiro atoms. The van der Waals surface area contributed by atoms with E-state index in [1.807, 2.05) is 54.7 Å². The molecule has 3 rings (SSSR count). The van der Waals surface area contributed by atoms with Crippen molar-refractivity contribution in [3.05, 3.63) is 71.9 Å². The monoisotopic (exact) mass is 291 g/mol. The average molecular weight is 291 g/mol. The van der Waals surface area contributed by atoms with Gasteiger partial charge in [-0.05, 0) is 12.5 Å². The Kier molecular flexibility index (Phi) is 4.38. The van der Waals surface area contributed by atoms with Gasteiger partial charge in [-0.3, -0.25) is 4.79 Å². The Morgan fingerprint density at radius 3 is 2.45 bits per heavy atom. The first-order valence-corrected chi connectivity index (χ1v) is 7.99. The van der Waals surface area contributed by atoms with Crippen LogP contribution in [0.3, 0.4) is 0 Å². The Bertz CT molecular complexity index is 771. The first-order valence-electron chi connectivity index (χ1n) is 7.99. The molecule has 0 unspecified atom stereocenters. The van der Waals surface area contributed by atoms with Crippen LogP contribution in [0, 0.1) is 0 Å². The lowest BCUT2D eigenvalue weighted by Gasteiger charge is -2.03. The minimum Gasteiger partial charge on any atom is -0.347 e. The molecule has 0 aliphatic rings. The highest BCUT2D eigenvalue weighted by molar-refractivity contribution is 6.16. The van der Waals surface area contributed by atoms with Gasteiger partial charge in [-0.1, -0.05) is 68.3 Å². The number of hydrogen-bond acceptors (Lipinski definition) is 1. The fourth-order valence-electron chi connectivity index (χ4n) is 2.89. The smallest absolute Gasteiger partial charge is 0.195 e. The minimum atomic E-state index is 0.103. The van der Waals surface area contributed by atoms with E-state index in [0.717, 1.165) is 35.0 Å². The molecule has 0 atom stereocenters. The Hall–Kier alpha value is -2.35. The van der Waals surface area contributed by atoms with Crippen molar-refractivity contribution in [1.29, 1.82) is 0 Å². The largest absolute Gasteiger partial charge is 0.347 e. The van der Waals surface area contributed by atoms with E-state index in [0.29, 0.717) is 0 Å². The third-order valence-electron chi connectivity index (χ3n) is 4.07. The molecule has 0 bridgehead atoms. The predicted molar refractivity (Wildman–Crippen MR) is 91.3 cm³/mol. The highest BCUT2D eigenvalue weighted by Gasteiger charge is 2.15. The summed E-state index contributed by atoms with van der Waals surface area (Å²) in [6.45, 7) is 3.18. The summed E-state index contributed by atoms with van der Waals surface area (Å²) in [4.78, 5) is 12.8. The van der Waals surface area contributed by atoms with Crippen molar-refractivity contribution in [2.24, 2.45) is 0 Å². The minimum absolute atomic E-state index is 0.103. The van der Waals surface area contributed by atoms with Crippen LogP contribution in [0.4, 0.5) is 0 Å². The van der Waals surface area contributed by atoms with Crippen LogP contribution in [0.25, 0.3) is 10.9 Å². The number of rotatable bonds is 6. The Balaban J connectivity index is 2.01. The Labute approximate surface area is 131 Å². The molecule has 0 saturated carbocycles. The van der Waals surface area contributed by atoms with Crippen LogP contribution in [-0.2, 0) is 6.54 Å². The molecule has 0 N–H and O–H groups in total. The number of aryl methyl sites for hydroxylation is 1. The molecule has 22 heavy (non-hydrogen) atoms. The molecule has 2 aromatic carbocycles. The molecule has 0 saturated heterocycles. The summed E-state index contributed by atoms with van der Waals surface area (Å²) in [5, 5.41) is 1.05. The summed E-state index contributed by atoms with van der Waals surface area (Å²) in [5.41, 5.74) is 2.70. The maximum Gasteiger partial charge on any atom is 0.195 e. The third kappa shape index (κ3) is 2.82. The molecule has 112 valence electrons. The van der Waals surface area contributed by atoms with Crippen LogP contribution in [0.15, 0.2) is 60.8 Å². The van der Waals surface area contributed by atoms with E-state index in [4.69, 9.17) is 0 Å². The topological polar surface area (TPSA) is 22.0 Å². The van der Waals surface area contributed by atoms with Crippen molar-refractivity contribution in [2.45, 2.75) is 32.7 Å². The molecular weight excluding hydrogens is 270 g/mol. The van der Waals surface area contributed by atoms with Gasteiger partial charge >= 0.3 is 0 Å². The van der Waals surface area contributed by atoms with Crippen LogP contribution in [-0.4, -0.2) is 10.4 Å². The number of nitrogens with zero attached hydrogens (tertiary/aromatic N) is 1. The molecule has 2 nitrogen and oxygen atoms in total. The SMILES string of the molecule is CCCCCn1cc(C(=O)c2ccccc2)c2ccccc21. The van der Waals surface area contributed by atoms with Gasteiger partial charge in [-0.2, -0.15) is 0 Å². The zero-order valence-electron chi connectivity index (χ0n) is 13.0. The highest BCUT2D eigenvalue weighted by atomic mass is 16.1. The van der Waals surface area contributed by atoms with E-state index in [9.17, 15) is 4.79 Å².